The highest BCUT2D eigenvalue weighted by molar-refractivity contribution is 14.1. The number of aromatic carboxylic acids is 1. The lowest BCUT2D eigenvalue weighted by Gasteiger charge is -2.08. The Labute approximate surface area is 135 Å². The molecule has 0 radical (unpaired) electrons. The molecule has 0 aliphatic rings. The van der Waals surface area contributed by atoms with Crippen LogP contribution in [0.2, 0.25) is 0 Å². The number of urea groups is 1. The van der Waals surface area contributed by atoms with E-state index in [0.29, 0.717) is 6.54 Å². The van der Waals surface area contributed by atoms with E-state index in [0.717, 1.165) is 14.8 Å². The molecular formula is C15H13IN2O3. The number of hydrogen-bond acceptors (Lipinski definition) is 2. The van der Waals surface area contributed by atoms with Crippen LogP contribution >= 0.6 is 22.6 Å². The number of benzene rings is 2. The molecule has 3 N–H and O–H groups in total. The highest BCUT2D eigenvalue weighted by Crippen LogP contribution is 2.12. The molecule has 6 heteroatoms. The molecule has 0 heterocycles. The number of carboxylic acids is 1. The molecule has 0 saturated carbocycles. The zero-order valence-electron chi connectivity index (χ0n) is 11.0. The first kappa shape index (κ1) is 15.3. The van der Waals surface area contributed by atoms with Crippen molar-refractivity contribution in [2.24, 2.45) is 0 Å². The molecular weight excluding hydrogens is 383 g/mol. The topological polar surface area (TPSA) is 78.4 Å². The van der Waals surface area contributed by atoms with Gasteiger partial charge in [0.1, 0.15) is 0 Å². The minimum Gasteiger partial charge on any atom is -0.478 e. The van der Waals surface area contributed by atoms with Crippen molar-refractivity contribution >= 4 is 40.3 Å². The third kappa shape index (κ3) is 4.75. The van der Waals surface area contributed by atoms with Gasteiger partial charge in [-0.1, -0.05) is 18.2 Å². The van der Waals surface area contributed by atoms with Crippen LogP contribution in [-0.2, 0) is 6.54 Å². The van der Waals surface area contributed by atoms with Crippen molar-refractivity contribution in [1.82, 2.24) is 5.32 Å². The van der Waals surface area contributed by atoms with Gasteiger partial charge in [0, 0.05) is 15.8 Å². The number of rotatable bonds is 4. The SMILES string of the molecule is O=C(NCc1ccc(C(=O)O)cc1)Nc1cccc(I)c1. The van der Waals surface area contributed by atoms with Crippen LogP contribution in [-0.4, -0.2) is 17.1 Å². The fraction of sp³-hybridized carbons (Fsp3) is 0.0667. The predicted molar refractivity (Wildman–Crippen MR) is 88.4 cm³/mol. The minimum atomic E-state index is -0.967. The van der Waals surface area contributed by atoms with Gasteiger partial charge < -0.3 is 15.7 Å². The van der Waals surface area contributed by atoms with E-state index < -0.39 is 5.97 Å². The second-order valence-electron chi connectivity index (χ2n) is 4.32. The molecule has 21 heavy (non-hydrogen) atoms. The Bertz CT molecular complexity index is 656. The third-order valence-electron chi connectivity index (χ3n) is 2.74. The summed E-state index contributed by atoms with van der Waals surface area (Å²) in [4.78, 5) is 22.5. The van der Waals surface area contributed by atoms with Gasteiger partial charge in [0.25, 0.3) is 0 Å². The van der Waals surface area contributed by atoms with Crippen molar-refractivity contribution in [3.05, 3.63) is 63.2 Å². The summed E-state index contributed by atoms with van der Waals surface area (Å²) >= 11 is 2.17. The fourth-order valence-corrected chi connectivity index (χ4v) is 2.23. The largest absolute Gasteiger partial charge is 0.478 e. The van der Waals surface area contributed by atoms with Gasteiger partial charge in [-0.25, -0.2) is 9.59 Å². The zero-order chi connectivity index (χ0) is 15.2. The van der Waals surface area contributed by atoms with Gasteiger partial charge in [0.05, 0.1) is 5.56 Å². The van der Waals surface area contributed by atoms with Crippen LogP contribution in [0.3, 0.4) is 0 Å². The number of anilines is 1. The van der Waals surface area contributed by atoms with Crippen molar-refractivity contribution in [2.45, 2.75) is 6.54 Å². The molecule has 0 spiro atoms. The number of carboxylic acid groups (broad SMARTS) is 1. The van der Waals surface area contributed by atoms with Crippen LogP contribution in [0.1, 0.15) is 15.9 Å². The quantitative estimate of drug-likeness (QED) is 0.694. The lowest BCUT2D eigenvalue weighted by molar-refractivity contribution is 0.0697. The molecule has 2 aromatic rings. The van der Waals surface area contributed by atoms with Crippen molar-refractivity contribution in [1.29, 1.82) is 0 Å². The normalized spacial score (nSPS) is 9.95. The number of nitrogens with one attached hydrogen (secondary N) is 2. The first-order chi connectivity index (χ1) is 10.0. The van der Waals surface area contributed by atoms with Gasteiger partial charge >= 0.3 is 12.0 Å². The van der Waals surface area contributed by atoms with E-state index >= 15 is 0 Å². The summed E-state index contributed by atoms with van der Waals surface area (Å²) in [7, 11) is 0. The molecule has 0 saturated heterocycles. The Kier molecular flexibility index (Phi) is 5.15. The Morgan fingerprint density at radius 1 is 1.10 bits per heavy atom. The van der Waals surface area contributed by atoms with Crippen LogP contribution in [0.5, 0.6) is 0 Å². The van der Waals surface area contributed by atoms with Crippen molar-refractivity contribution in [3.8, 4) is 0 Å². The number of halogens is 1. The van der Waals surface area contributed by atoms with Crippen LogP contribution in [0.25, 0.3) is 0 Å². The van der Waals surface area contributed by atoms with E-state index in [1.807, 2.05) is 24.3 Å². The van der Waals surface area contributed by atoms with Crippen LogP contribution < -0.4 is 10.6 Å². The minimum absolute atomic E-state index is 0.224. The number of amides is 2. The number of carbonyl (C=O) groups excluding carboxylic acids is 1. The van der Waals surface area contributed by atoms with Gasteiger partial charge in [-0.3, -0.25) is 0 Å². The summed E-state index contributed by atoms with van der Waals surface area (Å²) in [5.41, 5.74) is 1.78. The molecule has 0 bridgehead atoms. The highest BCUT2D eigenvalue weighted by atomic mass is 127. The molecule has 0 atom stereocenters. The lowest BCUT2D eigenvalue weighted by atomic mass is 10.1. The lowest BCUT2D eigenvalue weighted by Crippen LogP contribution is -2.28. The molecule has 0 aliphatic carbocycles. The van der Waals surface area contributed by atoms with Gasteiger partial charge in [-0.2, -0.15) is 0 Å². The molecule has 108 valence electrons. The standard InChI is InChI=1S/C15H13IN2O3/c16-12-2-1-3-13(8-12)18-15(21)17-9-10-4-6-11(7-5-10)14(19)20/h1-8H,9H2,(H,19,20)(H2,17,18,21). The van der Waals surface area contributed by atoms with Gasteiger partial charge in [0.2, 0.25) is 0 Å². The maximum atomic E-state index is 11.8. The molecule has 5 nitrogen and oxygen atoms in total. The first-order valence-electron chi connectivity index (χ1n) is 6.17. The molecule has 0 unspecified atom stereocenters. The Morgan fingerprint density at radius 2 is 1.81 bits per heavy atom. The van der Waals surface area contributed by atoms with Crippen LogP contribution in [0.4, 0.5) is 10.5 Å². The van der Waals surface area contributed by atoms with E-state index in [9.17, 15) is 9.59 Å². The molecule has 2 rings (SSSR count). The van der Waals surface area contributed by atoms with E-state index in [-0.39, 0.29) is 11.6 Å². The number of hydrogen-bond donors (Lipinski definition) is 3. The monoisotopic (exact) mass is 396 g/mol. The van der Waals surface area contributed by atoms with E-state index in [2.05, 4.69) is 33.2 Å². The van der Waals surface area contributed by atoms with Gasteiger partial charge in [0.15, 0.2) is 0 Å². The van der Waals surface area contributed by atoms with E-state index in [1.165, 1.54) is 12.1 Å². The summed E-state index contributed by atoms with van der Waals surface area (Å²) < 4.78 is 1.04. The second kappa shape index (κ2) is 7.07. The predicted octanol–water partition coefficient (Wildman–Crippen LogP) is 3.31. The molecule has 2 aromatic carbocycles. The average molecular weight is 396 g/mol. The molecule has 0 fully saturated rings. The maximum absolute atomic E-state index is 11.8. The van der Waals surface area contributed by atoms with Gasteiger partial charge in [-0.05, 0) is 58.5 Å². The maximum Gasteiger partial charge on any atom is 0.335 e. The number of carbonyl (C=O) groups is 2. The molecule has 0 aromatic heterocycles. The average Bonchev–Trinajstić information content (AvgIpc) is 2.45. The fourth-order valence-electron chi connectivity index (χ4n) is 1.69. The second-order valence-corrected chi connectivity index (χ2v) is 5.57. The summed E-state index contributed by atoms with van der Waals surface area (Å²) in [6.07, 6.45) is 0. The van der Waals surface area contributed by atoms with Crippen molar-refractivity contribution < 1.29 is 14.7 Å². The summed E-state index contributed by atoms with van der Waals surface area (Å²) in [5, 5.41) is 14.2. The van der Waals surface area contributed by atoms with Crippen LogP contribution in [0, 0.1) is 3.57 Å². The summed E-state index contributed by atoms with van der Waals surface area (Å²) in [6, 6.07) is 13.5. The summed E-state index contributed by atoms with van der Waals surface area (Å²) in [5.74, 6) is -0.967. The van der Waals surface area contributed by atoms with Crippen molar-refractivity contribution in [2.75, 3.05) is 5.32 Å². The molecule has 0 aliphatic heterocycles. The zero-order valence-corrected chi connectivity index (χ0v) is 13.1. The highest BCUT2D eigenvalue weighted by Gasteiger charge is 2.04. The van der Waals surface area contributed by atoms with Gasteiger partial charge in [-0.15, -0.1) is 0 Å². The van der Waals surface area contributed by atoms with Crippen molar-refractivity contribution in [3.63, 3.8) is 0 Å². The summed E-state index contributed by atoms with van der Waals surface area (Å²) in [6.45, 7) is 0.329. The Hall–Kier alpha value is -2.09. The Balaban J connectivity index is 1.87. The third-order valence-corrected chi connectivity index (χ3v) is 3.41. The smallest absolute Gasteiger partial charge is 0.335 e. The Morgan fingerprint density at radius 3 is 2.43 bits per heavy atom. The van der Waals surface area contributed by atoms with Crippen LogP contribution in [0.15, 0.2) is 48.5 Å². The van der Waals surface area contributed by atoms with E-state index in [4.69, 9.17) is 5.11 Å². The first-order valence-corrected chi connectivity index (χ1v) is 7.25. The van der Waals surface area contributed by atoms with E-state index in [1.54, 1.807) is 12.1 Å². The molecule has 2 amide bonds.